The molecular formula is C20H22O2. The number of rotatable bonds is 3. The van der Waals surface area contributed by atoms with E-state index in [2.05, 4.69) is 43.3 Å². The molecule has 1 atom stereocenters. The average molecular weight is 294 g/mol. The van der Waals surface area contributed by atoms with Crippen LogP contribution in [-0.2, 0) is 10.2 Å². The van der Waals surface area contributed by atoms with E-state index in [4.69, 9.17) is 4.74 Å². The number of Topliss-reactive ketones (excluding diaryl/α,β-unsaturated/α-hetero) is 1. The predicted molar refractivity (Wildman–Crippen MR) is 88.4 cm³/mol. The van der Waals surface area contributed by atoms with Gasteiger partial charge in [0.25, 0.3) is 0 Å². The zero-order valence-electron chi connectivity index (χ0n) is 13.3. The van der Waals surface area contributed by atoms with E-state index in [9.17, 15) is 4.79 Å². The molecule has 0 unspecified atom stereocenters. The number of hydrogen-bond donors (Lipinski definition) is 0. The Morgan fingerprint density at radius 1 is 1.05 bits per heavy atom. The molecule has 0 aliphatic heterocycles. The SMILES string of the molecule is COc1cccc([C@@]2(c3ccc(C)cc3)CCCC(=O)C2)c1. The van der Waals surface area contributed by atoms with Crippen LogP contribution in [0.5, 0.6) is 5.75 Å². The zero-order chi connectivity index (χ0) is 15.6. The quantitative estimate of drug-likeness (QED) is 0.837. The molecule has 1 aliphatic rings. The van der Waals surface area contributed by atoms with Gasteiger partial charge in [0, 0.05) is 18.3 Å². The highest BCUT2D eigenvalue weighted by atomic mass is 16.5. The summed E-state index contributed by atoms with van der Waals surface area (Å²) in [5, 5.41) is 0. The zero-order valence-corrected chi connectivity index (χ0v) is 13.3. The van der Waals surface area contributed by atoms with Crippen LogP contribution in [0.15, 0.2) is 48.5 Å². The van der Waals surface area contributed by atoms with Crippen LogP contribution in [-0.4, -0.2) is 12.9 Å². The van der Waals surface area contributed by atoms with Crippen LogP contribution in [0.3, 0.4) is 0 Å². The van der Waals surface area contributed by atoms with Crippen LogP contribution >= 0.6 is 0 Å². The Kier molecular flexibility index (Phi) is 4.02. The Balaban J connectivity index is 2.13. The van der Waals surface area contributed by atoms with E-state index in [0.29, 0.717) is 18.6 Å². The van der Waals surface area contributed by atoms with Crippen molar-refractivity contribution in [3.8, 4) is 5.75 Å². The van der Waals surface area contributed by atoms with E-state index in [1.165, 1.54) is 16.7 Å². The third kappa shape index (κ3) is 2.66. The van der Waals surface area contributed by atoms with Crippen molar-refractivity contribution < 1.29 is 9.53 Å². The minimum Gasteiger partial charge on any atom is -0.497 e. The van der Waals surface area contributed by atoms with Gasteiger partial charge in [-0.2, -0.15) is 0 Å². The van der Waals surface area contributed by atoms with Crippen LogP contribution in [0.1, 0.15) is 42.4 Å². The number of hydrogen-bond acceptors (Lipinski definition) is 2. The molecule has 0 heterocycles. The smallest absolute Gasteiger partial charge is 0.134 e. The maximum atomic E-state index is 12.2. The summed E-state index contributed by atoms with van der Waals surface area (Å²) >= 11 is 0. The molecule has 1 saturated carbocycles. The van der Waals surface area contributed by atoms with Crippen LogP contribution < -0.4 is 4.74 Å². The monoisotopic (exact) mass is 294 g/mol. The number of ketones is 1. The minimum atomic E-state index is -0.211. The summed E-state index contributed by atoms with van der Waals surface area (Å²) in [4.78, 5) is 12.2. The highest BCUT2D eigenvalue weighted by Gasteiger charge is 2.39. The number of benzene rings is 2. The second-order valence-electron chi connectivity index (χ2n) is 6.25. The van der Waals surface area contributed by atoms with Gasteiger partial charge in [-0.3, -0.25) is 4.79 Å². The summed E-state index contributed by atoms with van der Waals surface area (Å²) in [6, 6.07) is 16.8. The number of ether oxygens (including phenoxy) is 1. The fourth-order valence-corrected chi connectivity index (χ4v) is 3.55. The molecule has 0 saturated heterocycles. The van der Waals surface area contributed by atoms with Crippen molar-refractivity contribution in [2.45, 2.75) is 38.0 Å². The molecule has 1 fully saturated rings. The molecule has 2 aromatic carbocycles. The summed E-state index contributed by atoms with van der Waals surface area (Å²) in [5.74, 6) is 1.21. The van der Waals surface area contributed by atoms with Gasteiger partial charge in [0.1, 0.15) is 11.5 Å². The van der Waals surface area contributed by atoms with E-state index in [1.807, 2.05) is 12.1 Å². The summed E-state index contributed by atoms with van der Waals surface area (Å²) in [6.07, 6.45) is 3.25. The minimum absolute atomic E-state index is 0.211. The summed E-state index contributed by atoms with van der Waals surface area (Å²) in [5.41, 5.74) is 3.45. The van der Waals surface area contributed by atoms with E-state index >= 15 is 0 Å². The van der Waals surface area contributed by atoms with Crippen LogP contribution in [0.25, 0.3) is 0 Å². The van der Waals surface area contributed by atoms with Gasteiger partial charge in [0.15, 0.2) is 0 Å². The molecular weight excluding hydrogens is 272 g/mol. The van der Waals surface area contributed by atoms with Gasteiger partial charge < -0.3 is 4.74 Å². The first-order valence-electron chi connectivity index (χ1n) is 7.87. The van der Waals surface area contributed by atoms with E-state index < -0.39 is 0 Å². The highest BCUT2D eigenvalue weighted by Crippen LogP contribution is 2.44. The van der Waals surface area contributed by atoms with Crippen molar-refractivity contribution in [3.05, 3.63) is 65.2 Å². The predicted octanol–water partition coefficient (Wildman–Crippen LogP) is 4.43. The second-order valence-corrected chi connectivity index (χ2v) is 6.25. The molecule has 0 bridgehead atoms. The fourth-order valence-electron chi connectivity index (χ4n) is 3.55. The largest absolute Gasteiger partial charge is 0.497 e. The van der Waals surface area contributed by atoms with Crippen molar-refractivity contribution in [3.63, 3.8) is 0 Å². The number of methoxy groups -OCH3 is 1. The molecule has 2 aromatic rings. The number of aryl methyl sites for hydroxylation is 1. The maximum absolute atomic E-state index is 12.2. The Hall–Kier alpha value is -2.09. The first-order valence-corrected chi connectivity index (χ1v) is 7.87. The third-order valence-electron chi connectivity index (χ3n) is 4.78. The van der Waals surface area contributed by atoms with Gasteiger partial charge in [0.2, 0.25) is 0 Å². The molecule has 22 heavy (non-hydrogen) atoms. The van der Waals surface area contributed by atoms with Crippen LogP contribution in [0, 0.1) is 6.92 Å². The van der Waals surface area contributed by atoms with Crippen LogP contribution in [0.4, 0.5) is 0 Å². The lowest BCUT2D eigenvalue weighted by Crippen LogP contribution is -2.34. The topological polar surface area (TPSA) is 26.3 Å². The van der Waals surface area contributed by atoms with Crippen molar-refractivity contribution in [1.82, 2.24) is 0 Å². The number of carbonyl (C=O) groups excluding carboxylic acids is 1. The van der Waals surface area contributed by atoms with Gasteiger partial charge in [-0.05, 0) is 43.0 Å². The second kappa shape index (κ2) is 5.96. The number of carbonyl (C=O) groups is 1. The normalized spacial score (nSPS) is 21.6. The lowest BCUT2D eigenvalue weighted by Gasteiger charge is -2.38. The third-order valence-corrected chi connectivity index (χ3v) is 4.78. The molecule has 114 valence electrons. The van der Waals surface area contributed by atoms with Crippen molar-refractivity contribution >= 4 is 5.78 Å². The molecule has 2 heteroatoms. The highest BCUT2D eigenvalue weighted by molar-refractivity contribution is 5.82. The van der Waals surface area contributed by atoms with Crippen molar-refractivity contribution in [1.29, 1.82) is 0 Å². The first kappa shape index (κ1) is 14.8. The van der Waals surface area contributed by atoms with Gasteiger partial charge in [-0.25, -0.2) is 0 Å². The first-order chi connectivity index (χ1) is 10.6. The van der Waals surface area contributed by atoms with E-state index in [0.717, 1.165) is 18.6 Å². The molecule has 3 rings (SSSR count). The lowest BCUT2D eigenvalue weighted by atomic mass is 9.65. The standard InChI is InChI=1S/C20H22O2/c1-15-8-10-16(11-9-15)20(12-4-6-18(21)14-20)17-5-3-7-19(13-17)22-2/h3,5,7-11,13H,4,6,12,14H2,1-2H3/t20-/m0/s1. The van der Waals surface area contributed by atoms with Gasteiger partial charge >= 0.3 is 0 Å². The molecule has 0 aromatic heterocycles. The van der Waals surface area contributed by atoms with E-state index in [1.54, 1.807) is 7.11 Å². The van der Waals surface area contributed by atoms with Gasteiger partial charge in [-0.15, -0.1) is 0 Å². The molecule has 2 nitrogen and oxygen atoms in total. The molecule has 0 N–H and O–H groups in total. The summed E-state index contributed by atoms with van der Waals surface area (Å²) < 4.78 is 5.39. The summed E-state index contributed by atoms with van der Waals surface area (Å²) in [6.45, 7) is 2.09. The molecule has 0 amide bonds. The van der Waals surface area contributed by atoms with Crippen molar-refractivity contribution in [2.24, 2.45) is 0 Å². The molecule has 0 radical (unpaired) electrons. The maximum Gasteiger partial charge on any atom is 0.134 e. The Bertz CT molecular complexity index is 672. The Labute approximate surface area is 132 Å². The Morgan fingerprint density at radius 2 is 1.82 bits per heavy atom. The fraction of sp³-hybridized carbons (Fsp3) is 0.350. The van der Waals surface area contributed by atoms with Gasteiger partial charge in [0.05, 0.1) is 7.11 Å². The van der Waals surface area contributed by atoms with E-state index in [-0.39, 0.29) is 5.41 Å². The van der Waals surface area contributed by atoms with Crippen molar-refractivity contribution in [2.75, 3.05) is 7.11 Å². The molecule has 0 spiro atoms. The summed E-state index contributed by atoms with van der Waals surface area (Å²) in [7, 11) is 1.68. The lowest BCUT2D eigenvalue weighted by molar-refractivity contribution is -0.121. The van der Waals surface area contributed by atoms with Gasteiger partial charge in [-0.1, -0.05) is 42.0 Å². The Morgan fingerprint density at radius 3 is 2.50 bits per heavy atom. The van der Waals surface area contributed by atoms with Crippen LogP contribution in [0.2, 0.25) is 0 Å². The average Bonchev–Trinajstić information content (AvgIpc) is 2.55. The molecule has 1 aliphatic carbocycles.